The number of fused-ring (bicyclic) bond motifs is 1. The molecule has 0 saturated carbocycles. The van der Waals surface area contributed by atoms with Crippen LogP contribution in [0.25, 0.3) is 10.8 Å². The van der Waals surface area contributed by atoms with Crippen LogP contribution in [0.3, 0.4) is 0 Å². The molecule has 0 radical (unpaired) electrons. The van der Waals surface area contributed by atoms with Crippen LogP contribution in [0.1, 0.15) is 11.3 Å². The highest BCUT2D eigenvalue weighted by Gasteiger charge is 2.06. The van der Waals surface area contributed by atoms with E-state index in [1.807, 2.05) is 42.6 Å². The minimum absolute atomic E-state index is 0.798. The Morgan fingerprint density at radius 3 is 2.56 bits per heavy atom. The van der Waals surface area contributed by atoms with Crippen LogP contribution >= 0.6 is 0 Å². The van der Waals surface area contributed by atoms with Crippen molar-refractivity contribution in [3.8, 4) is 0 Å². The maximum absolute atomic E-state index is 6.07. The lowest BCUT2D eigenvalue weighted by Gasteiger charge is -2.08. The zero-order valence-corrected chi connectivity index (χ0v) is 10.0. The predicted octanol–water partition coefficient (Wildman–Crippen LogP) is 3.41. The summed E-state index contributed by atoms with van der Waals surface area (Å²) in [4.78, 5) is 4.48. The average molecular weight is 234 g/mol. The Morgan fingerprint density at radius 1 is 0.889 bits per heavy atom. The van der Waals surface area contributed by atoms with Gasteiger partial charge in [0.2, 0.25) is 0 Å². The fourth-order valence-corrected chi connectivity index (χ4v) is 2.26. The highest BCUT2D eigenvalue weighted by Crippen LogP contribution is 2.24. The van der Waals surface area contributed by atoms with Crippen molar-refractivity contribution in [3.63, 3.8) is 0 Å². The SMILES string of the molecule is Nc1cccc2ccnc(Cc3ccccc3)c12. The zero-order chi connectivity index (χ0) is 12.4. The first-order valence-corrected chi connectivity index (χ1v) is 6.00. The van der Waals surface area contributed by atoms with Crippen LogP contribution in [0.2, 0.25) is 0 Å². The van der Waals surface area contributed by atoms with E-state index < -0.39 is 0 Å². The van der Waals surface area contributed by atoms with Crippen LogP contribution < -0.4 is 5.73 Å². The van der Waals surface area contributed by atoms with E-state index in [1.165, 1.54) is 5.56 Å². The molecule has 18 heavy (non-hydrogen) atoms. The average Bonchev–Trinajstić information content (AvgIpc) is 2.40. The molecule has 0 spiro atoms. The van der Waals surface area contributed by atoms with Crippen LogP contribution in [-0.4, -0.2) is 4.98 Å². The second-order valence-electron chi connectivity index (χ2n) is 4.37. The topological polar surface area (TPSA) is 38.9 Å². The highest BCUT2D eigenvalue weighted by atomic mass is 14.7. The summed E-state index contributed by atoms with van der Waals surface area (Å²) in [7, 11) is 0. The van der Waals surface area contributed by atoms with Crippen molar-refractivity contribution in [2.45, 2.75) is 6.42 Å². The van der Waals surface area contributed by atoms with E-state index in [1.54, 1.807) is 0 Å². The number of benzene rings is 2. The maximum Gasteiger partial charge on any atom is 0.0546 e. The van der Waals surface area contributed by atoms with Crippen molar-refractivity contribution in [1.82, 2.24) is 4.98 Å². The van der Waals surface area contributed by atoms with Gasteiger partial charge in [0.25, 0.3) is 0 Å². The molecule has 3 rings (SSSR count). The molecule has 2 heteroatoms. The summed E-state index contributed by atoms with van der Waals surface area (Å²) < 4.78 is 0. The number of aromatic nitrogens is 1. The van der Waals surface area contributed by atoms with E-state index in [4.69, 9.17) is 5.73 Å². The molecule has 0 atom stereocenters. The van der Waals surface area contributed by atoms with Gasteiger partial charge in [-0.25, -0.2) is 0 Å². The number of pyridine rings is 1. The van der Waals surface area contributed by atoms with E-state index in [9.17, 15) is 0 Å². The molecule has 0 bridgehead atoms. The van der Waals surface area contributed by atoms with E-state index in [0.29, 0.717) is 0 Å². The first-order valence-electron chi connectivity index (χ1n) is 6.00. The molecule has 0 unspecified atom stereocenters. The van der Waals surface area contributed by atoms with Gasteiger partial charge in [-0.05, 0) is 23.1 Å². The lowest BCUT2D eigenvalue weighted by molar-refractivity contribution is 1.10. The summed E-state index contributed by atoms with van der Waals surface area (Å²) in [6.45, 7) is 0. The van der Waals surface area contributed by atoms with E-state index in [-0.39, 0.29) is 0 Å². The van der Waals surface area contributed by atoms with Crippen LogP contribution in [0.5, 0.6) is 0 Å². The number of nitrogens with zero attached hydrogens (tertiary/aromatic N) is 1. The van der Waals surface area contributed by atoms with Crippen LogP contribution in [0.4, 0.5) is 5.69 Å². The summed E-state index contributed by atoms with van der Waals surface area (Å²) >= 11 is 0. The van der Waals surface area contributed by atoms with E-state index in [0.717, 1.165) is 28.6 Å². The monoisotopic (exact) mass is 234 g/mol. The number of nitrogen functional groups attached to an aromatic ring is 1. The van der Waals surface area contributed by atoms with Crippen LogP contribution in [-0.2, 0) is 6.42 Å². The molecule has 2 nitrogen and oxygen atoms in total. The molecule has 3 aromatic rings. The van der Waals surface area contributed by atoms with Gasteiger partial charge in [-0.3, -0.25) is 4.98 Å². The van der Waals surface area contributed by atoms with Crippen molar-refractivity contribution in [2.24, 2.45) is 0 Å². The summed E-state index contributed by atoms with van der Waals surface area (Å²) in [5.41, 5.74) is 9.16. The minimum Gasteiger partial charge on any atom is -0.398 e. The first-order chi connectivity index (χ1) is 8.84. The molecule has 1 heterocycles. The third kappa shape index (κ3) is 1.93. The van der Waals surface area contributed by atoms with Crippen molar-refractivity contribution in [1.29, 1.82) is 0 Å². The van der Waals surface area contributed by atoms with Gasteiger partial charge in [0.05, 0.1) is 5.69 Å². The fraction of sp³-hybridized carbons (Fsp3) is 0.0625. The molecule has 0 fully saturated rings. The molecule has 0 saturated heterocycles. The van der Waals surface area contributed by atoms with Crippen molar-refractivity contribution >= 4 is 16.5 Å². The Labute approximate surface area is 106 Å². The Balaban J connectivity index is 2.12. The molecule has 88 valence electrons. The van der Waals surface area contributed by atoms with Crippen LogP contribution in [0, 0.1) is 0 Å². The molecule has 0 amide bonds. The zero-order valence-electron chi connectivity index (χ0n) is 10.0. The third-order valence-corrected chi connectivity index (χ3v) is 3.12. The van der Waals surface area contributed by atoms with Gasteiger partial charge in [0, 0.05) is 23.7 Å². The largest absolute Gasteiger partial charge is 0.398 e. The molecule has 2 aromatic carbocycles. The minimum atomic E-state index is 0.798. The van der Waals surface area contributed by atoms with Gasteiger partial charge in [0.1, 0.15) is 0 Å². The lowest BCUT2D eigenvalue weighted by Crippen LogP contribution is -1.96. The van der Waals surface area contributed by atoms with Gasteiger partial charge in [0.15, 0.2) is 0 Å². The first kappa shape index (κ1) is 10.8. The molecule has 0 aliphatic rings. The molecule has 0 aliphatic heterocycles. The standard InChI is InChI=1S/C16H14N2/c17-14-8-4-7-13-9-10-18-15(16(13)14)11-12-5-2-1-3-6-12/h1-10H,11,17H2. The van der Waals surface area contributed by atoms with Gasteiger partial charge in [-0.2, -0.15) is 0 Å². The smallest absolute Gasteiger partial charge is 0.0546 e. The number of nitrogens with two attached hydrogens (primary N) is 1. The van der Waals surface area contributed by atoms with E-state index in [2.05, 4.69) is 23.2 Å². The normalized spacial score (nSPS) is 10.7. The highest BCUT2D eigenvalue weighted by molar-refractivity contribution is 5.94. The number of hydrogen-bond donors (Lipinski definition) is 1. The van der Waals surface area contributed by atoms with Gasteiger partial charge in [-0.15, -0.1) is 0 Å². The van der Waals surface area contributed by atoms with Gasteiger partial charge >= 0.3 is 0 Å². The Morgan fingerprint density at radius 2 is 1.72 bits per heavy atom. The summed E-state index contributed by atoms with van der Waals surface area (Å²) in [6, 6.07) is 18.3. The van der Waals surface area contributed by atoms with E-state index >= 15 is 0 Å². The van der Waals surface area contributed by atoms with Gasteiger partial charge in [-0.1, -0.05) is 42.5 Å². The second-order valence-corrected chi connectivity index (χ2v) is 4.37. The fourth-order valence-electron chi connectivity index (χ4n) is 2.26. The predicted molar refractivity (Wildman–Crippen MR) is 75.4 cm³/mol. The second kappa shape index (κ2) is 4.49. The lowest BCUT2D eigenvalue weighted by atomic mass is 10.0. The summed E-state index contributed by atoms with van der Waals surface area (Å²) in [5.74, 6) is 0. The number of hydrogen-bond acceptors (Lipinski definition) is 2. The van der Waals surface area contributed by atoms with Crippen LogP contribution in [0.15, 0.2) is 60.8 Å². The Bertz CT molecular complexity index is 670. The quantitative estimate of drug-likeness (QED) is 0.690. The summed E-state index contributed by atoms with van der Waals surface area (Å²) in [6.07, 6.45) is 2.66. The molecular formula is C16H14N2. The summed E-state index contributed by atoms with van der Waals surface area (Å²) in [5, 5.41) is 2.22. The third-order valence-electron chi connectivity index (χ3n) is 3.12. The maximum atomic E-state index is 6.07. The van der Waals surface area contributed by atoms with Crippen molar-refractivity contribution in [3.05, 3.63) is 72.1 Å². The number of rotatable bonds is 2. The molecule has 2 N–H and O–H groups in total. The molecule has 0 aliphatic carbocycles. The Kier molecular flexibility index (Phi) is 2.69. The number of anilines is 1. The van der Waals surface area contributed by atoms with Crippen molar-refractivity contribution in [2.75, 3.05) is 5.73 Å². The molecular weight excluding hydrogens is 220 g/mol. The Hall–Kier alpha value is -2.35. The molecule has 1 aromatic heterocycles. The van der Waals surface area contributed by atoms with Crippen molar-refractivity contribution < 1.29 is 0 Å². The van der Waals surface area contributed by atoms with Gasteiger partial charge < -0.3 is 5.73 Å².